The third kappa shape index (κ3) is 3.91. The Bertz CT molecular complexity index is 842. The van der Waals surface area contributed by atoms with Crippen LogP contribution in [0.5, 0.6) is 5.88 Å². The van der Waals surface area contributed by atoms with Crippen molar-refractivity contribution >= 4 is 17.6 Å². The van der Waals surface area contributed by atoms with Crippen LogP contribution in [0.4, 0.5) is 0 Å². The first kappa shape index (κ1) is 17.2. The Kier molecular flexibility index (Phi) is 5.19. The monoisotopic (exact) mass is 359 g/mol. The van der Waals surface area contributed by atoms with Gasteiger partial charge < -0.3 is 9.84 Å². The van der Waals surface area contributed by atoms with Crippen molar-refractivity contribution in [2.45, 2.75) is 19.8 Å². The van der Waals surface area contributed by atoms with E-state index in [1.807, 2.05) is 6.08 Å². The van der Waals surface area contributed by atoms with Gasteiger partial charge in [0.05, 0.1) is 11.8 Å². The molecule has 1 aliphatic rings. The van der Waals surface area contributed by atoms with Crippen LogP contribution in [0.25, 0.3) is 5.82 Å². The first-order chi connectivity index (χ1) is 12.1. The molecular weight excluding hydrogens is 342 g/mol. The van der Waals surface area contributed by atoms with E-state index >= 15 is 0 Å². The fourth-order valence-corrected chi connectivity index (χ4v) is 2.89. The van der Waals surface area contributed by atoms with Crippen molar-refractivity contribution in [3.8, 4) is 11.7 Å². The minimum absolute atomic E-state index is 0.137. The smallest absolute Gasteiger partial charge is 0.335 e. The van der Waals surface area contributed by atoms with Crippen LogP contribution in [0.1, 0.15) is 30.1 Å². The number of allylic oxidation sites excluding steroid dienone is 2. The minimum atomic E-state index is -1.02. The summed E-state index contributed by atoms with van der Waals surface area (Å²) in [5.74, 6) is 0.306. The number of carboxylic acid groups (broad SMARTS) is 1. The van der Waals surface area contributed by atoms with Crippen LogP contribution >= 0.6 is 11.6 Å². The van der Waals surface area contributed by atoms with Crippen LogP contribution in [0.2, 0.25) is 0 Å². The van der Waals surface area contributed by atoms with Crippen molar-refractivity contribution in [1.29, 1.82) is 0 Å². The van der Waals surface area contributed by atoms with Crippen LogP contribution in [0, 0.1) is 5.92 Å². The summed E-state index contributed by atoms with van der Waals surface area (Å²) in [6, 6.07) is 4.57. The van der Waals surface area contributed by atoms with Crippen molar-refractivity contribution < 1.29 is 14.6 Å². The molecule has 0 saturated heterocycles. The number of aromatic nitrogens is 3. The summed E-state index contributed by atoms with van der Waals surface area (Å²) >= 11 is 6.36. The van der Waals surface area contributed by atoms with Gasteiger partial charge in [-0.3, -0.25) is 0 Å². The van der Waals surface area contributed by atoms with Gasteiger partial charge in [-0.15, -0.1) is 0 Å². The molecule has 2 heterocycles. The zero-order valence-corrected chi connectivity index (χ0v) is 14.5. The predicted molar refractivity (Wildman–Crippen MR) is 94.2 cm³/mol. The lowest BCUT2D eigenvalue weighted by Crippen LogP contribution is -2.11. The highest BCUT2D eigenvalue weighted by Crippen LogP contribution is 2.29. The van der Waals surface area contributed by atoms with E-state index in [4.69, 9.17) is 21.4 Å². The van der Waals surface area contributed by atoms with Crippen molar-refractivity contribution in [2.75, 3.05) is 6.61 Å². The first-order valence-corrected chi connectivity index (χ1v) is 8.38. The second-order valence-corrected chi connectivity index (χ2v) is 6.20. The summed E-state index contributed by atoms with van der Waals surface area (Å²) < 4.78 is 7.29. The van der Waals surface area contributed by atoms with Crippen molar-refractivity contribution in [2.24, 2.45) is 5.92 Å². The van der Waals surface area contributed by atoms with E-state index in [0.29, 0.717) is 24.2 Å². The lowest BCUT2D eigenvalue weighted by molar-refractivity contribution is 0.0696. The molecule has 3 rings (SSSR count). The molecule has 1 N–H and O–H groups in total. The lowest BCUT2D eigenvalue weighted by atomic mass is 9.95. The standard InChI is InChI=1S/C18H18ClN3O3/c1-2-12-3-4-14(15(19)9-12)11-25-17-6-8-21-22(17)16-10-13(18(23)24)5-7-20-16/h3-8,10,12H,2,9,11H2,1H3,(H,23,24). The maximum Gasteiger partial charge on any atom is 0.335 e. The van der Waals surface area contributed by atoms with Gasteiger partial charge in [-0.2, -0.15) is 9.78 Å². The average Bonchev–Trinajstić information content (AvgIpc) is 3.09. The SMILES string of the molecule is CCC1C=CC(COc2ccnn2-c2cc(C(=O)O)ccn2)=C(Cl)C1. The molecular formula is C18H18ClN3O3. The van der Waals surface area contributed by atoms with E-state index in [2.05, 4.69) is 23.1 Å². The molecule has 0 spiro atoms. The summed E-state index contributed by atoms with van der Waals surface area (Å²) in [5, 5.41) is 14.1. The van der Waals surface area contributed by atoms with Gasteiger partial charge in [0.2, 0.25) is 5.88 Å². The van der Waals surface area contributed by atoms with E-state index in [9.17, 15) is 4.79 Å². The number of carboxylic acids is 1. The molecule has 0 fully saturated rings. The zero-order chi connectivity index (χ0) is 17.8. The number of aromatic carboxylic acids is 1. The van der Waals surface area contributed by atoms with Gasteiger partial charge in [-0.25, -0.2) is 9.78 Å². The zero-order valence-electron chi connectivity index (χ0n) is 13.7. The Morgan fingerprint density at radius 2 is 2.28 bits per heavy atom. The third-order valence-corrected chi connectivity index (χ3v) is 4.47. The number of ether oxygens (including phenoxy) is 1. The van der Waals surface area contributed by atoms with Gasteiger partial charge in [0.15, 0.2) is 5.82 Å². The predicted octanol–water partition coefficient (Wildman–Crippen LogP) is 3.82. The molecule has 130 valence electrons. The van der Waals surface area contributed by atoms with Crippen LogP contribution < -0.4 is 4.74 Å². The van der Waals surface area contributed by atoms with Crippen LogP contribution in [-0.4, -0.2) is 32.4 Å². The van der Waals surface area contributed by atoms with Crippen molar-refractivity contribution in [3.63, 3.8) is 0 Å². The van der Waals surface area contributed by atoms with E-state index in [-0.39, 0.29) is 5.56 Å². The van der Waals surface area contributed by atoms with Crippen LogP contribution in [0.15, 0.2) is 53.4 Å². The van der Waals surface area contributed by atoms with Gasteiger partial charge in [-0.1, -0.05) is 30.7 Å². The molecule has 0 amide bonds. The van der Waals surface area contributed by atoms with E-state index < -0.39 is 5.97 Å². The second-order valence-electron chi connectivity index (χ2n) is 5.74. The summed E-state index contributed by atoms with van der Waals surface area (Å²) in [6.45, 7) is 2.45. The molecule has 0 aromatic carbocycles. The molecule has 25 heavy (non-hydrogen) atoms. The molecule has 1 atom stereocenters. The average molecular weight is 360 g/mol. The Morgan fingerprint density at radius 1 is 1.44 bits per heavy atom. The van der Waals surface area contributed by atoms with Gasteiger partial charge in [0.1, 0.15) is 6.61 Å². The number of nitrogens with zero attached hydrogens (tertiary/aromatic N) is 3. The van der Waals surface area contributed by atoms with Gasteiger partial charge in [-0.05, 0) is 30.9 Å². The third-order valence-electron chi connectivity index (χ3n) is 4.08. The number of carbonyl (C=O) groups is 1. The van der Waals surface area contributed by atoms with Crippen LogP contribution in [-0.2, 0) is 0 Å². The van der Waals surface area contributed by atoms with E-state index in [1.54, 1.807) is 12.3 Å². The molecule has 0 aliphatic heterocycles. The molecule has 7 heteroatoms. The molecule has 0 radical (unpaired) electrons. The molecule has 0 saturated carbocycles. The summed E-state index contributed by atoms with van der Waals surface area (Å²) in [7, 11) is 0. The van der Waals surface area contributed by atoms with Crippen molar-refractivity contribution in [3.05, 3.63) is 58.9 Å². The molecule has 0 bridgehead atoms. The number of halogens is 1. The Hall–Kier alpha value is -2.60. The maximum absolute atomic E-state index is 11.1. The highest BCUT2D eigenvalue weighted by Gasteiger charge is 2.15. The quantitative estimate of drug-likeness (QED) is 0.848. The first-order valence-electron chi connectivity index (χ1n) is 8.00. The fraction of sp³-hybridized carbons (Fsp3) is 0.278. The minimum Gasteiger partial charge on any atom is -0.478 e. The fourth-order valence-electron chi connectivity index (χ4n) is 2.57. The number of hydrogen-bond acceptors (Lipinski definition) is 4. The van der Waals surface area contributed by atoms with Crippen LogP contribution in [0.3, 0.4) is 0 Å². The van der Waals surface area contributed by atoms with E-state index in [1.165, 1.54) is 23.0 Å². The summed E-state index contributed by atoms with van der Waals surface area (Å²) in [4.78, 5) is 15.3. The summed E-state index contributed by atoms with van der Waals surface area (Å²) in [5.41, 5.74) is 1.07. The molecule has 1 aliphatic carbocycles. The highest BCUT2D eigenvalue weighted by atomic mass is 35.5. The van der Waals surface area contributed by atoms with Gasteiger partial charge in [0, 0.05) is 22.9 Å². The Labute approximate surface area is 150 Å². The number of rotatable bonds is 6. The second kappa shape index (κ2) is 7.53. The van der Waals surface area contributed by atoms with E-state index in [0.717, 1.165) is 23.4 Å². The maximum atomic E-state index is 11.1. The molecule has 2 aromatic heterocycles. The lowest BCUT2D eigenvalue weighted by Gasteiger charge is -2.18. The van der Waals surface area contributed by atoms with Gasteiger partial charge in [0.25, 0.3) is 0 Å². The summed E-state index contributed by atoms with van der Waals surface area (Å²) in [6.07, 6.45) is 9.04. The number of pyridine rings is 1. The normalized spacial score (nSPS) is 17.0. The Balaban J connectivity index is 1.76. The van der Waals surface area contributed by atoms with Crippen molar-refractivity contribution in [1.82, 2.24) is 14.8 Å². The highest BCUT2D eigenvalue weighted by molar-refractivity contribution is 6.30. The largest absolute Gasteiger partial charge is 0.478 e. The van der Waals surface area contributed by atoms with Gasteiger partial charge >= 0.3 is 5.97 Å². The topological polar surface area (TPSA) is 77.2 Å². The number of hydrogen-bond donors (Lipinski definition) is 1. The molecule has 6 nitrogen and oxygen atoms in total. The molecule has 2 aromatic rings. The molecule has 1 unspecified atom stereocenters. The Morgan fingerprint density at radius 3 is 3.00 bits per heavy atom.